The van der Waals surface area contributed by atoms with Gasteiger partial charge in [0.05, 0.1) is 13.2 Å². The first kappa shape index (κ1) is 18.7. The van der Waals surface area contributed by atoms with Crippen LogP contribution >= 0.6 is 11.3 Å². The van der Waals surface area contributed by atoms with Crippen molar-refractivity contribution < 1.29 is 4.74 Å². The third kappa shape index (κ3) is 5.69. The first-order chi connectivity index (χ1) is 12.2. The molecule has 0 amide bonds. The molecule has 0 aromatic carbocycles. The Morgan fingerprint density at radius 1 is 1.40 bits per heavy atom. The summed E-state index contributed by atoms with van der Waals surface area (Å²) in [4.78, 5) is 11.0. The summed E-state index contributed by atoms with van der Waals surface area (Å²) < 4.78 is 5.45. The molecule has 6 heteroatoms. The normalized spacial score (nSPS) is 23.8. The molecule has 2 saturated heterocycles. The van der Waals surface area contributed by atoms with Crippen LogP contribution < -0.4 is 5.32 Å². The number of aliphatic imine (C=N–C) groups is 1. The van der Waals surface area contributed by atoms with Crippen molar-refractivity contribution in [3.8, 4) is 0 Å². The summed E-state index contributed by atoms with van der Waals surface area (Å²) in [5, 5.41) is 5.75. The Labute approximate surface area is 156 Å². The van der Waals surface area contributed by atoms with Crippen molar-refractivity contribution >= 4 is 17.3 Å². The summed E-state index contributed by atoms with van der Waals surface area (Å²) in [6, 6.07) is 4.37. The molecule has 0 saturated carbocycles. The van der Waals surface area contributed by atoms with Gasteiger partial charge in [0.15, 0.2) is 5.96 Å². The molecular weight excluding hydrogens is 332 g/mol. The average Bonchev–Trinajstić information content (AvgIpc) is 3.29. The number of hydrogen-bond donors (Lipinski definition) is 1. The molecule has 0 spiro atoms. The Morgan fingerprint density at radius 3 is 2.96 bits per heavy atom. The number of thiophene rings is 1. The monoisotopic (exact) mass is 364 g/mol. The van der Waals surface area contributed by atoms with Gasteiger partial charge in [0.25, 0.3) is 0 Å². The summed E-state index contributed by atoms with van der Waals surface area (Å²) in [7, 11) is 1.90. The molecule has 3 rings (SSSR count). The second-order valence-electron chi connectivity index (χ2n) is 7.33. The molecule has 3 heterocycles. The lowest BCUT2D eigenvalue weighted by Gasteiger charge is -2.29. The van der Waals surface area contributed by atoms with Crippen LogP contribution in [-0.4, -0.2) is 75.3 Å². The van der Waals surface area contributed by atoms with E-state index in [1.807, 2.05) is 18.4 Å². The first-order valence-electron chi connectivity index (χ1n) is 9.52. The van der Waals surface area contributed by atoms with Crippen LogP contribution in [0.2, 0.25) is 0 Å². The van der Waals surface area contributed by atoms with E-state index in [1.165, 1.54) is 17.8 Å². The van der Waals surface area contributed by atoms with Gasteiger partial charge in [0, 0.05) is 51.2 Å². The zero-order valence-electron chi connectivity index (χ0n) is 15.6. The minimum Gasteiger partial charge on any atom is -0.379 e. The van der Waals surface area contributed by atoms with Crippen LogP contribution in [0.5, 0.6) is 0 Å². The Morgan fingerprint density at radius 2 is 2.24 bits per heavy atom. The van der Waals surface area contributed by atoms with Gasteiger partial charge in [-0.2, -0.15) is 0 Å². The van der Waals surface area contributed by atoms with Crippen LogP contribution in [0.1, 0.15) is 18.2 Å². The number of guanidine groups is 1. The first-order valence-corrected chi connectivity index (χ1v) is 10.4. The lowest BCUT2D eigenvalue weighted by molar-refractivity contribution is 0.0315. The van der Waals surface area contributed by atoms with Crippen molar-refractivity contribution in [3.05, 3.63) is 22.4 Å². The number of nitrogens with one attached hydrogen (secondary N) is 1. The van der Waals surface area contributed by atoms with E-state index < -0.39 is 0 Å². The minimum absolute atomic E-state index is 0.613. The van der Waals surface area contributed by atoms with Gasteiger partial charge in [0.2, 0.25) is 0 Å². The van der Waals surface area contributed by atoms with E-state index in [0.717, 1.165) is 64.2 Å². The highest BCUT2D eigenvalue weighted by molar-refractivity contribution is 7.09. The average molecular weight is 365 g/mol. The van der Waals surface area contributed by atoms with Gasteiger partial charge in [-0.25, -0.2) is 0 Å². The maximum Gasteiger partial charge on any atom is 0.193 e. The molecule has 1 aromatic heterocycles. The molecule has 2 atom stereocenters. The van der Waals surface area contributed by atoms with E-state index in [2.05, 4.69) is 44.5 Å². The van der Waals surface area contributed by atoms with Gasteiger partial charge in [-0.3, -0.25) is 9.89 Å². The van der Waals surface area contributed by atoms with Crippen LogP contribution in [0.4, 0.5) is 0 Å². The van der Waals surface area contributed by atoms with Crippen molar-refractivity contribution in [3.63, 3.8) is 0 Å². The Balaban J connectivity index is 1.40. The van der Waals surface area contributed by atoms with Crippen molar-refractivity contribution in [2.24, 2.45) is 16.8 Å². The standard InChI is InChI=1S/C19H32N4OS/c1-16(12-18-4-3-11-25-18)13-21-19(20-2)23-6-5-17(15-23)14-22-7-9-24-10-8-22/h3-4,11,16-17H,5-10,12-15H2,1-2H3,(H,20,21). The molecular formula is C19H32N4OS. The number of nitrogens with zero attached hydrogens (tertiary/aromatic N) is 3. The molecule has 1 aromatic rings. The lowest BCUT2D eigenvalue weighted by Crippen LogP contribution is -2.43. The topological polar surface area (TPSA) is 40.1 Å². The van der Waals surface area contributed by atoms with Gasteiger partial charge in [-0.1, -0.05) is 13.0 Å². The molecule has 140 valence electrons. The minimum atomic E-state index is 0.613. The fourth-order valence-corrected chi connectivity index (χ4v) is 4.63. The molecule has 2 fully saturated rings. The summed E-state index contributed by atoms with van der Waals surface area (Å²) in [5.74, 6) is 2.44. The van der Waals surface area contributed by atoms with Crippen LogP contribution in [0.3, 0.4) is 0 Å². The second kappa shape index (κ2) is 9.55. The van der Waals surface area contributed by atoms with E-state index in [4.69, 9.17) is 4.74 Å². The van der Waals surface area contributed by atoms with E-state index in [0.29, 0.717) is 5.92 Å². The molecule has 0 radical (unpaired) electrons. The molecule has 2 unspecified atom stereocenters. The fraction of sp³-hybridized carbons (Fsp3) is 0.737. The number of likely N-dealkylation sites (tertiary alicyclic amines) is 1. The van der Waals surface area contributed by atoms with E-state index in [9.17, 15) is 0 Å². The van der Waals surface area contributed by atoms with Crippen LogP contribution in [0.15, 0.2) is 22.5 Å². The van der Waals surface area contributed by atoms with Crippen molar-refractivity contribution in [1.82, 2.24) is 15.1 Å². The van der Waals surface area contributed by atoms with E-state index in [1.54, 1.807) is 0 Å². The molecule has 1 N–H and O–H groups in total. The molecule has 5 nitrogen and oxygen atoms in total. The molecule has 25 heavy (non-hydrogen) atoms. The predicted octanol–water partition coefficient (Wildman–Crippen LogP) is 2.16. The highest BCUT2D eigenvalue weighted by atomic mass is 32.1. The second-order valence-corrected chi connectivity index (χ2v) is 8.36. The van der Waals surface area contributed by atoms with Gasteiger partial charge in [-0.05, 0) is 36.1 Å². The lowest BCUT2D eigenvalue weighted by atomic mass is 10.1. The zero-order chi connectivity index (χ0) is 17.5. The predicted molar refractivity (Wildman–Crippen MR) is 105 cm³/mol. The van der Waals surface area contributed by atoms with E-state index >= 15 is 0 Å². The number of ether oxygens (including phenoxy) is 1. The van der Waals surface area contributed by atoms with Crippen molar-refractivity contribution in [1.29, 1.82) is 0 Å². The van der Waals surface area contributed by atoms with Gasteiger partial charge < -0.3 is 15.0 Å². The number of morpholine rings is 1. The van der Waals surface area contributed by atoms with E-state index in [-0.39, 0.29) is 0 Å². The quantitative estimate of drug-likeness (QED) is 0.620. The maximum absolute atomic E-state index is 5.45. The summed E-state index contributed by atoms with van der Waals surface area (Å²) >= 11 is 1.85. The van der Waals surface area contributed by atoms with Crippen molar-refractivity contribution in [2.45, 2.75) is 19.8 Å². The SMILES string of the molecule is CN=C(NCC(C)Cc1cccs1)N1CCC(CN2CCOCC2)C1. The summed E-state index contributed by atoms with van der Waals surface area (Å²) in [6.45, 7) is 10.7. The van der Waals surface area contributed by atoms with Crippen molar-refractivity contribution in [2.75, 3.05) is 59.5 Å². The number of rotatable bonds is 6. The highest BCUT2D eigenvalue weighted by Gasteiger charge is 2.27. The molecule has 0 bridgehead atoms. The Kier molecular flexibility index (Phi) is 7.13. The Bertz CT molecular complexity index is 528. The van der Waals surface area contributed by atoms with Gasteiger partial charge in [-0.15, -0.1) is 11.3 Å². The zero-order valence-corrected chi connectivity index (χ0v) is 16.4. The fourth-order valence-electron chi connectivity index (χ4n) is 3.77. The third-order valence-electron chi connectivity index (χ3n) is 5.16. The Hall–Kier alpha value is -1.11. The molecule has 0 aliphatic carbocycles. The van der Waals surface area contributed by atoms with Crippen LogP contribution in [-0.2, 0) is 11.2 Å². The third-order valence-corrected chi connectivity index (χ3v) is 6.05. The van der Waals surface area contributed by atoms with Gasteiger partial charge in [0.1, 0.15) is 0 Å². The molecule has 2 aliphatic heterocycles. The highest BCUT2D eigenvalue weighted by Crippen LogP contribution is 2.19. The maximum atomic E-state index is 5.45. The largest absolute Gasteiger partial charge is 0.379 e. The summed E-state index contributed by atoms with van der Waals surface area (Å²) in [5.41, 5.74) is 0. The smallest absolute Gasteiger partial charge is 0.193 e. The summed E-state index contributed by atoms with van der Waals surface area (Å²) in [6.07, 6.45) is 2.41. The number of hydrogen-bond acceptors (Lipinski definition) is 4. The van der Waals surface area contributed by atoms with Crippen LogP contribution in [0, 0.1) is 11.8 Å². The van der Waals surface area contributed by atoms with Gasteiger partial charge >= 0.3 is 0 Å². The van der Waals surface area contributed by atoms with Crippen LogP contribution in [0.25, 0.3) is 0 Å². The molecule has 2 aliphatic rings.